The lowest BCUT2D eigenvalue weighted by atomic mass is 10.3. The van der Waals surface area contributed by atoms with Gasteiger partial charge in [0, 0.05) is 6.07 Å². The van der Waals surface area contributed by atoms with Gasteiger partial charge in [-0.2, -0.15) is 4.98 Å². The Morgan fingerprint density at radius 2 is 2.27 bits per heavy atom. The lowest BCUT2D eigenvalue weighted by Crippen LogP contribution is -1.97. The third kappa shape index (κ3) is 1.50. The molecule has 0 radical (unpaired) electrons. The van der Waals surface area contributed by atoms with Crippen LogP contribution in [0.15, 0.2) is 10.5 Å². The first-order chi connectivity index (χ1) is 7.11. The van der Waals surface area contributed by atoms with Crippen LogP contribution in [0.5, 0.6) is 0 Å². The maximum atomic E-state index is 11.2. The molecule has 78 valence electrons. The molecule has 2 N–H and O–H groups in total. The largest absolute Gasteiger partial charge is 0.463 e. The minimum Gasteiger partial charge on any atom is -0.463 e. The van der Waals surface area contributed by atoms with Crippen LogP contribution in [0.2, 0.25) is 0 Å². The third-order valence-corrected chi connectivity index (χ3v) is 1.99. The van der Waals surface area contributed by atoms with E-state index >= 15 is 0 Å². The van der Waals surface area contributed by atoms with E-state index in [4.69, 9.17) is 10.2 Å². The molecule has 0 bridgehead atoms. The quantitative estimate of drug-likeness (QED) is 0.698. The first-order valence-electron chi connectivity index (χ1n) is 4.24. The van der Waals surface area contributed by atoms with Gasteiger partial charge >= 0.3 is 5.97 Å². The normalized spacial score (nSPS) is 10.5. The summed E-state index contributed by atoms with van der Waals surface area (Å²) in [4.78, 5) is 19.0. The van der Waals surface area contributed by atoms with Crippen LogP contribution in [0.25, 0.3) is 11.1 Å². The topological polar surface area (TPSA) is 91.2 Å². The third-order valence-electron chi connectivity index (χ3n) is 1.99. The molecule has 2 rings (SSSR count). The molecule has 0 atom stereocenters. The molecule has 2 aromatic heterocycles. The van der Waals surface area contributed by atoms with E-state index in [1.54, 1.807) is 6.92 Å². The molecule has 0 amide bonds. The number of esters is 1. The number of nitrogens with zero attached hydrogens (tertiary/aromatic N) is 2. The van der Waals surface area contributed by atoms with Crippen LogP contribution in [-0.2, 0) is 4.74 Å². The van der Waals surface area contributed by atoms with Gasteiger partial charge in [-0.05, 0) is 6.92 Å². The van der Waals surface area contributed by atoms with Crippen molar-refractivity contribution >= 4 is 23.0 Å². The highest BCUT2D eigenvalue weighted by Gasteiger charge is 2.15. The minimum atomic E-state index is -0.550. The van der Waals surface area contributed by atoms with Gasteiger partial charge in [0.2, 0.25) is 17.4 Å². The van der Waals surface area contributed by atoms with Crippen LogP contribution in [0.4, 0.5) is 5.95 Å². The number of nitrogen functional groups attached to an aromatic ring is 1. The van der Waals surface area contributed by atoms with E-state index in [9.17, 15) is 4.79 Å². The van der Waals surface area contributed by atoms with E-state index < -0.39 is 5.97 Å². The Labute approximate surface area is 85.1 Å². The summed E-state index contributed by atoms with van der Waals surface area (Å²) in [5.74, 6) is -0.341. The van der Waals surface area contributed by atoms with Crippen molar-refractivity contribution < 1.29 is 13.9 Å². The summed E-state index contributed by atoms with van der Waals surface area (Å²) >= 11 is 0. The lowest BCUT2D eigenvalue weighted by molar-refractivity contribution is 0.0567. The van der Waals surface area contributed by atoms with Gasteiger partial charge in [-0.3, -0.25) is 0 Å². The zero-order chi connectivity index (χ0) is 11.0. The highest BCUT2D eigenvalue weighted by atomic mass is 16.5. The van der Waals surface area contributed by atoms with Gasteiger partial charge in [0.05, 0.1) is 18.2 Å². The Morgan fingerprint density at radius 3 is 2.93 bits per heavy atom. The second-order valence-electron chi connectivity index (χ2n) is 2.99. The maximum absolute atomic E-state index is 11.2. The van der Waals surface area contributed by atoms with E-state index in [2.05, 4.69) is 14.7 Å². The molecule has 0 aliphatic carbocycles. The summed E-state index contributed by atoms with van der Waals surface area (Å²) in [5.41, 5.74) is 6.40. The average Bonchev–Trinajstić information content (AvgIpc) is 2.60. The second kappa shape index (κ2) is 3.23. The zero-order valence-corrected chi connectivity index (χ0v) is 8.27. The molecule has 0 aromatic carbocycles. The predicted octanol–water partition coefficient (Wildman–Crippen LogP) is 0.900. The van der Waals surface area contributed by atoms with Crippen LogP contribution < -0.4 is 5.73 Å². The van der Waals surface area contributed by atoms with Gasteiger partial charge in [0.1, 0.15) is 0 Å². The number of hydrogen-bond donors (Lipinski definition) is 1. The number of rotatable bonds is 1. The van der Waals surface area contributed by atoms with Gasteiger partial charge in [0.25, 0.3) is 0 Å². The summed E-state index contributed by atoms with van der Waals surface area (Å²) in [6.07, 6.45) is 0. The van der Waals surface area contributed by atoms with E-state index in [1.165, 1.54) is 13.2 Å². The first kappa shape index (κ1) is 9.45. The number of anilines is 1. The standard InChI is InChI=1S/C9H9N3O3/c1-4-5-3-6(8(13)14-2)15-7(5)12-9(10)11-4/h3H,1-2H3,(H2,10,11,12). The van der Waals surface area contributed by atoms with Crippen molar-refractivity contribution in [3.05, 3.63) is 17.5 Å². The number of furan rings is 1. The summed E-state index contributed by atoms with van der Waals surface area (Å²) < 4.78 is 9.70. The van der Waals surface area contributed by atoms with Crippen molar-refractivity contribution in [2.24, 2.45) is 0 Å². The van der Waals surface area contributed by atoms with Crippen molar-refractivity contribution in [3.8, 4) is 0 Å². The highest BCUT2D eigenvalue weighted by Crippen LogP contribution is 2.21. The van der Waals surface area contributed by atoms with Crippen molar-refractivity contribution in [2.45, 2.75) is 6.92 Å². The van der Waals surface area contributed by atoms with Gasteiger partial charge in [-0.25, -0.2) is 9.78 Å². The molecule has 0 aliphatic rings. The van der Waals surface area contributed by atoms with Crippen LogP contribution in [0.1, 0.15) is 16.2 Å². The van der Waals surface area contributed by atoms with Gasteiger partial charge in [-0.1, -0.05) is 0 Å². The number of ether oxygens (including phenoxy) is 1. The van der Waals surface area contributed by atoms with E-state index in [1.807, 2.05) is 0 Å². The number of methoxy groups -OCH3 is 1. The molecular formula is C9H9N3O3. The fraction of sp³-hybridized carbons (Fsp3) is 0.222. The van der Waals surface area contributed by atoms with Crippen molar-refractivity contribution in [3.63, 3.8) is 0 Å². The second-order valence-corrected chi connectivity index (χ2v) is 2.99. The van der Waals surface area contributed by atoms with Gasteiger partial charge in [-0.15, -0.1) is 0 Å². The fourth-order valence-electron chi connectivity index (χ4n) is 1.29. The van der Waals surface area contributed by atoms with Crippen LogP contribution in [0, 0.1) is 6.92 Å². The highest BCUT2D eigenvalue weighted by molar-refractivity contribution is 5.92. The zero-order valence-electron chi connectivity index (χ0n) is 8.27. The molecule has 0 fully saturated rings. The maximum Gasteiger partial charge on any atom is 0.374 e. The van der Waals surface area contributed by atoms with E-state index in [0.29, 0.717) is 16.8 Å². The number of aromatic nitrogens is 2. The Bertz CT molecular complexity index is 533. The number of aryl methyl sites for hydroxylation is 1. The number of carbonyl (C=O) groups is 1. The molecule has 0 unspecified atom stereocenters. The number of carbonyl (C=O) groups excluding carboxylic acids is 1. The van der Waals surface area contributed by atoms with Crippen molar-refractivity contribution in [2.75, 3.05) is 12.8 Å². The Morgan fingerprint density at radius 1 is 1.53 bits per heavy atom. The van der Waals surface area contributed by atoms with Crippen LogP contribution >= 0.6 is 0 Å². The molecule has 0 aliphatic heterocycles. The molecular weight excluding hydrogens is 198 g/mol. The fourth-order valence-corrected chi connectivity index (χ4v) is 1.29. The summed E-state index contributed by atoms with van der Waals surface area (Å²) in [6.45, 7) is 1.76. The lowest BCUT2D eigenvalue weighted by Gasteiger charge is -1.94. The van der Waals surface area contributed by atoms with E-state index in [-0.39, 0.29) is 11.7 Å². The van der Waals surface area contributed by atoms with Crippen LogP contribution in [0.3, 0.4) is 0 Å². The monoisotopic (exact) mass is 207 g/mol. The summed E-state index contributed by atoms with van der Waals surface area (Å²) in [6, 6.07) is 1.54. The van der Waals surface area contributed by atoms with Gasteiger partial charge < -0.3 is 14.9 Å². The van der Waals surface area contributed by atoms with E-state index in [0.717, 1.165) is 0 Å². The molecule has 2 heterocycles. The molecule has 6 heteroatoms. The smallest absolute Gasteiger partial charge is 0.374 e. The molecule has 6 nitrogen and oxygen atoms in total. The number of nitrogens with two attached hydrogens (primary N) is 1. The van der Waals surface area contributed by atoms with Crippen molar-refractivity contribution in [1.82, 2.24) is 9.97 Å². The molecule has 2 aromatic rings. The van der Waals surface area contributed by atoms with Gasteiger partial charge in [0.15, 0.2) is 0 Å². The molecule has 0 spiro atoms. The van der Waals surface area contributed by atoms with Crippen LogP contribution in [-0.4, -0.2) is 23.0 Å². The SMILES string of the molecule is COC(=O)c1cc2c(C)nc(N)nc2o1. The molecule has 0 saturated heterocycles. The molecule has 15 heavy (non-hydrogen) atoms. The first-order valence-corrected chi connectivity index (χ1v) is 4.24. The summed E-state index contributed by atoms with van der Waals surface area (Å²) in [5, 5.41) is 0.657. The molecule has 0 saturated carbocycles. The predicted molar refractivity (Wildman–Crippen MR) is 52.3 cm³/mol. The number of fused-ring (bicyclic) bond motifs is 1. The minimum absolute atomic E-state index is 0.0931. The Kier molecular flexibility index (Phi) is 2.03. The Balaban J connectivity index is 2.65. The average molecular weight is 207 g/mol. The summed E-state index contributed by atoms with van der Waals surface area (Å²) in [7, 11) is 1.28. The number of hydrogen-bond acceptors (Lipinski definition) is 6. The van der Waals surface area contributed by atoms with Crippen molar-refractivity contribution in [1.29, 1.82) is 0 Å². The Hall–Kier alpha value is -2.11.